The van der Waals surface area contributed by atoms with Crippen LogP contribution in [0.4, 0.5) is 0 Å². The van der Waals surface area contributed by atoms with Crippen molar-refractivity contribution >= 4 is 17.7 Å². The minimum Gasteiger partial charge on any atom is -0.342 e. The lowest BCUT2D eigenvalue weighted by Crippen LogP contribution is -2.34. The highest BCUT2D eigenvalue weighted by molar-refractivity contribution is 8.00. The average Bonchev–Trinajstić information content (AvgIpc) is 2.98. The molecule has 1 amide bonds. The number of nitrogens with one attached hydrogen (secondary N) is 1. The van der Waals surface area contributed by atoms with Crippen LogP contribution in [0.15, 0.2) is 5.16 Å². The number of aromatic nitrogens is 3. The van der Waals surface area contributed by atoms with Gasteiger partial charge in [-0.3, -0.25) is 9.89 Å². The van der Waals surface area contributed by atoms with Gasteiger partial charge in [0.2, 0.25) is 11.1 Å². The first kappa shape index (κ1) is 13.4. The molecule has 1 aliphatic heterocycles. The van der Waals surface area contributed by atoms with Crippen molar-refractivity contribution in [2.75, 3.05) is 13.1 Å². The highest BCUT2D eigenvalue weighted by Crippen LogP contribution is 2.23. The van der Waals surface area contributed by atoms with Gasteiger partial charge in [0.25, 0.3) is 0 Å². The molecule has 2 rings (SSSR count). The van der Waals surface area contributed by atoms with Crippen LogP contribution in [0.1, 0.15) is 45.4 Å². The van der Waals surface area contributed by atoms with Crippen molar-refractivity contribution < 1.29 is 4.79 Å². The molecular weight excluding hydrogens is 248 g/mol. The van der Waals surface area contributed by atoms with Crippen LogP contribution in [0.2, 0.25) is 0 Å². The van der Waals surface area contributed by atoms with Crippen LogP contribution in [-0.2, 0) is 4.79 Å². The smallest absolute Gasteiger partial charge is 0.235 e. The molecule has 1 fully saturated rings. The molecule has 1 aromatic heterocycles. The van der Waals surface area contributed by atoms with Crippen molar-refractivity contribution in [3.8, 4) is 0 Å². The third kappa shape index (κ3) is 3.04. The number of likely N-dealkylation sites (tertiary alicyclic amines) is 1. The van der Waals surface area contributed by atoms with Gasteiger partial charge in [0, 0.05) is 19.0 Å². The fourth-order valence-electron chi connectivity index (χ4n) is 1.97. The lowest BCUT2D eigenvalue weighted by Gasteiger charge is -2.18. The summed E-state index contributed by atoms with van der Waals surface area (Å²) in [5.74, 6) is 1.41. The molecule has 0 radical (unpaired) electrons. The molecule has 100 valence electrons. The van der Waals surface area contributed by atoms with Gasteiger partial charge in [-0.1, -0.05) is 25.6 Å². The van der Waals surface area contributed by atoms with E-state index in [1.54, 1.807) is 0 Å². The molecule has 0 aromatic carbocycles. The van der Waals surface area contributed by atoms with Gasteiger partial charge in [0.1, 0.15) is 5.82 Å². The summed E-state index contributed by atoms with van der Waals surface area (Å²) >= 11 is 1.43. The summed E-state index contributed by atoms with van der Waals surface area (Å²) in [7, 11) is 0. The zero-order chi connectivity index (χ0) is 13.1. The third-order valence-electron chi connectivity index (χ3n) is 3.08. The average molecular weight is 268 g/mol. The monoisotopic (exact) mass is 268 g/mol. The fourth-order valence-corrected chi connectivity index (χ4v) is 2.79. The molecular formula is C12H20N4OS. The molecule has 0 aliphatic carbocycles. The molecule has 1 N–H and O–H groups in total. The molecule has 0 saturated carbocycles. The second-order valence-corrected chi connectivity index (χ2v) is 6.26. The van der Waals surface area contributed by atoms with E-state index in [0.29, 0.717) is 11.1 Å². The highest BCUT2D eigenvalue weighted by atomic mass is 32.2. The van der Waals surface area contributed by atoms with Gasteiger partial charge in [0.05, 0.1) is 5.25 Å². The molecule has 1 unspecified atom stereocenters. The number of carbonyl (C=O) groups is 1. The maximum absolute atomic E-state index is 12.1. The summed E-state index contributed by atoms with van der Waals surface area (Å²) in [4.78, 5) is 18.5. The normalized spacial score (nSPS) is 17.4. The molecule has 0 bridgehead atoms. The standard InChI is InChI=1S/C12H20N4OS/c1-8(2)10-13-12(15-14-10)18-9(3)11(17)16-6-4-5-7-16/h8-9H,4-7H2,1-3H3,(H,13,14,15). The summed E-state index contributed by atoms with van der Waals surface area (Å²) < 4.78 is 0. The summed E-state index contributed by atoms with van der Waals surface area (Å²) in [6, 6.07) is 0. The van der Waals surface area contributed by atoms with E-state index in [9.17, 15) is 4.79 Å². The van der Waals surface area contributed by atoms with E-state index >= 15 is 0 Å². The van der Waals surface area contributed by atoms with E-state index in [2.05, 4.69) is 29.0 Å². The van der Waals surface area contributed by atoms with Gasteiger partial charge in [-0.05, 0) is 19.8 Å². The topological polar surface area (TPSA) is 61.9 Å². The number of thioether (sulfide) groups is 1. The van der Waals surface area contributed by atoms with E-state index in [-0.39, 0.29) is 11.2 Å². The van der Waals surface area contributed by atoms with Crippen LogP contribution in [0, 0.1) is 0 Å². The number of nitrogens with zero attached hydrogens (tertiary/aromatic N) is 3. The Labute approximate surface area is 112 Å². The third-order valence-corrected chi connectivity index (χ3v) is 4.03. The first-order valence-corrected chi connectivity index (χ1v) is 7.33. The number of hydrogen-bond acceptors (Lipinski definition) is 4. The Bertz CT molecular complexity index is 412. The Morgan fingerprint density at radius 2 is 2.00 bits per heavy atom. The molecule has 1 atom stereocenters. The Balaban J connectivity index is 1.93. The van der Waals surface area contributed by atoms with E-state index in [0.717, 1.165) is 31.8 Å². The van der Waals surface area contributed by atoms with Gasteiger partial charge in [0.15, 0.2) is 0 Å². The fraction of sp³-hybridized carbons (Fsp3) is 0.750. The lowest BCUT2D eigenvalue weighted by molar-refractivity contribution is -0.129. The number of rotatable bonds is 4. The van der Waals surface area contributed by atoms with E-state index in [4.69, 9.17) is 0 Å². The zero-order valence-electron chi connectivity index (χ0n) is 11.1. The minimum atomic E-state index is -0.112. The van der Waals surface area contributed by atoms with Crippen LogP contribution in [0.25, 0.3) is 0 Å². The SMILES string of the molecule is CC(Sc1n[nH]c(C(C)C)n1)C(=O)N1CCCC1. The Morgan fingerprint density at radius 3 is 2.56 bits per heavy atom. The lowest BCUT2D eigenvalue weighted by atomic mass is 10.2. The maximum atomic E-state index is 12.1. The Kier molecular flexibility index (Phi) is 4.27. The van der Waals surface area contributed by atoms with Crippen molar-refractivity contribution in [2.24, 2.45) is 0 Å². The maximum Gasteiger partial charge on any atom is 0.235 e. The van der Waals surface area contributed by atoms with Crippen LogP contribution >= 0.6 is 11.8 Å². The van der Waals surface area contributed by atoms with Crippen LogP contribution in [-0.4, -0.2) is 44.3 Å². The number of amides is 1. The van der Waals surface area contributed by atoms with E-state index in [1.165, 1.54) is 11.8 Å². The second kappa shape index (κ2) is 5.73. The summed E-state index contributed by atoms with van der Waals surface area (Å²) in [5, 5.41) is 7.61. The molecule has 5 nitrogen and oxygen atoms in total. The van der Waals surface area contributed by atoms with E-state index in [1.807, 2.05) is 11.8 Å². The molecule has 2 heterocycles. The van der Waals surface area contributed by atoms with Crippen LogP contribution < -0.4 is 0 Å². The molecule has 0 spiro atoms. The first-order valence-electron chi connectivity index (χ1n) is 6.45. The molecule has 6 heteroatoms. The van der Waals surface area contributed by atoms with Crippen LogP contribution in [0.5, 0.6) is 0 Å². The number of hydrogen-bond donors (Lipinski definition) is 1. The van der Waals surface area contributed by atoms with Crippen LogP contribution in [0.3, 0.4) is 0 Å². The predicted octanol–water partition coefficient (Wildman–Crippen LogP) is 2.03. The molecule has 18 heavy (non-hydrogen) atoms. The molecule has 1 saturated heterocycles. The van der Waals surface area contributed by atoms with Crippen molar-refractivity contribution in [1.29, 1.82) is 0 Å². The van der Waals surface area contributed by atoms with Crippen molar-refractivity contribution in [2.45, 2.75) is 49.9 Å². The largest absolute Gasteiger partial charge is 0.342 e. The molecule has 1 aliphatic rings. The van der Waals surface area contributed by atoms with Gasteiger partial charge >= 0.3 is 0 Å². The van der Waals surface area contributed by atoms with Gasteiger partial charge < -0.3 is 4.90 Å². The Hall–Kier alpha value is -1.04. The quantitative estimate of drug-likeness (QED) is 0.849. The number of aromatic amines is 1. The van der Waals surface area contributed by atoms with Gasteiger partial charge in [-0.15, -0.1) is 5.10 Å². The minimum absolute atomic E-state index is 0.112. The van der Waals surface area contributed by atoms with Crippen molar-refractivity contribution in [1.82, 2.24) is 20.1 Å². The van der Waals surface area contributed by atoms with E-state index < -0.39 is 0 Å². The Morgan fingerprint density at radius 1 is 1.33 bits per heavy atom. The molecule has 1 aromatic rings. The van der Waals surface area contributed by atoms with Gasteiger partial charge in [-0.2, -0.15) is 0 Å². The number of carbonyl (C=O) groups excluding carboxylic acids is 1. The second-order valence-electron chi connectivity index (χ2n) is 4.95. The predicted molar refractivity (Wildman–Crippen MR) is 71.6 cm³/mol. The van der Waals surface area contributed by atoms with Crippen molar-refractivity contribution in [3.05, 3.63) is 5.82 Å². The van der Waals surface area contributed by atoms with Crippen molar-refractivity contribution in [3.63, 3.8) is 0 Å². The first-order chi connectivity index (χ1) is 8.58. The number of H-pyrrole nitrogens is 1. The highest BCUT2D eigenvalue weighted by Gasteiger charge is 2.25. The summed E-state index contributed by atoms with van der Waals surface area (Å²) in [6.45, 7) is 7.85. The summed E-state index contributed by atoms with van der Waals surface area (Å²) in [5.41, 5.74) is 0. The van der Waals surface area contributed by atoms with Gasteiger partial charge in [-0.25, -0.2) is 4.98 Å². The summed E-state index contributed by atoms with van der Waals surface area (Å²) in [6.07, 6.45) is 2.25. The zero-order valence-corrected chi connectivity index (χ0v) is 12.0.